The minimum absolute atomic E-state index is 0.00289. The summed E-state index contributed by atoms with van der Waals surface area (Å²) in [6.45, 7) is 3.77. The first-order chi connectivity index (χ1) is 11.5. The van der Waals surface area contributed by atoms with Gasteiger partial charge in [-0.25, -0.2) is 0 Å². The number of nitrogens with one attached hydrogen (secondary N) is 2. The summed E-state index contributed by atoms with van der Waals surface area (Å²) < 4.78 is 0. The molecule has 0 radical (unpaired) electrons. The number of hydrogen-bond acceptors (Lipinski definition) is 2. The molecule has 24 heavy (non-hydrogen) atoms. The first kappa shape index (κ1) is 18.0. The van der Waals surface area contributed by atoms with Crippen LogP contribution >= 0.6 is 11.6 Å². The van der Waals surface area contributed by atoms with Gasteiger partial charge < -0.3 is 10.6 Å². The number of hydrogen-bond donors (Lipinski definition) is 2. The van der Waals surface area contributed by atoms with E-state index in [1.807, 2.05) is 44.2 Å². The Hall–Kier alpha value is -2.33. The molecule has 0 aliphatic carbocycles. The Morgan fingerprint density at radius 2 is 1.58 bits per heavy atom. The van der Waals surface area contributed by atoms with Crippen molar-refractivity contribution in [3.05, 3.63) is 70.7 Å². The van der Waals surface area contributed by atoms with E-state index in [9.17, 15) is 9.59 Å². The Bertz CT molecular complexity index is 684. The Balaban J connectivity index is 2.11. The number of rotatable bonds is 6. The first-order valence-corrected chi connectivity index (χ1v) is 8.22. The molecule has 0 fully saturated rings. The van der Waals surface area contributed by atoms with Gasteiger partial charge in [-0.05, 0) is 37.1 Å². The van der Waals surface area contributed by atoms with Gasteiger partial charge in [-0.15, -0.1) is 0 Å². The summed E-state index contributed by atoms with van der Waals surface area (Å²) in [6.07, 6.45) is 0.190. The third kappa shape index (κ3) is 5.39. The predicted octanol–water partition coefficient (Wildman–Crippen LogP) is 3.26. The summed E-state index contributed by atoms with van der Waals surface area (Å²) in [7, 11) is 0. The molecule has 0 saturated heterocycles. The minimum atomic E-state index is -0.714. The highest BCUT2D eigenvalue weighted by Gasteiger charge is 2.23. The second-order valence-electron chi connectivity index (χ2n) is 5.88. The summed E-state index contributed by atoms with van der Waals surface area (Å²) in [5.41, 5.74) is 1.59. The van der Waals surface area contributed by atoms with Crippen LogP contribution in [-0.4, -0.2) is 17.9 Å². The molecule has 126 valence electrons. The van der Waals surface area contributed by atoms with Gasteiger partial charge in [0.15, 0.2) is 0 Å². The quantitative estimate of drug-likeness (QED) is 0.845. The van der Waals surface area contributed by atoms with Crippen LogP contribution in [0.1, 0.15) is 31.0 Å². The zero-order valence-corrected chi connectivity index (χ0v) is 14.5. The fourth-order valence-corrected chi connectivity index (χ4v) is 2.44. The van der Waals surface area contributed by atoms with Gasteiger partial charge in [0.05, 0.1) is 6.42 Å². The number of amides is 2. The van der Waals surface area contributed by atoms with Gasteiger partial charge in [0, 0.05) is 11.1 Å². The van der Waals surface area contributed by atoms with Crippen molar-refractivity contribution in [2.75, 3.05) is 0 Å². The van der Waals surface area contributed by atoms with Crippen molar-refractivity contribution in [1.82, 2.24) is 10.6 Å². The van der Waals surface area contributed by atoms with Crippen molar-refractivity contribution >= 4 is 23.4 Å². The van der Waals surface area contributed by atoms with Crippen molar-refractivity contribution in [2.45, 2.75) is 32.4 Å². The largest absolute Gasteiger partial charge is 0.352 e. The second kappa shape index (κ2) is 8.50. The summed E-state index contributed by atoms with van der Waals surface area (Å²) >= 11 is 5.85. The fraction of sp³-hybridized carbons (Fsp3) is 0.263. The molecule has 2 aromatic rings. The molecular weight excluding hydrogens is 324 g/mol. The molecule has 2 aromatic carbocycles. The Morgan fingerprint density at radius 3 is 2.17 bits per heavy atom. The van der Waals surface area contributed by atoms with Gasteiger partial charge in [-0.2, -0.15) is 0 Å². The van der Waals surface area contributed by atoms with Gasteiger partial charge in [0.1, 0.15) is 6.04 Å². The predicted molar refractivity (Wildman–Crippen MR) is 95.8 cm³/mol. The maximum absolute atomic E-state index is 12.4. The highest BCUT2D eigenvalue weighted by atomic mass is 35.5. The first-order valence-electron chi connectivity index (χ1n) is 7.85. The average Bonchev–Trinajstić information content (AvgIpc) is 2.55. The van der Waals surface area contributed by atoms with Crippen LogP contribution in [0.2, 0.25) is 5.02 Å². The van der Waals surface area contributed by atoms with Crippen LogP contribution < -0.4 is 10.6 Å². The summed E-state index contributed by atoms with van der Waals surface area (Å²) in [4.78, 5) is 24.8. The van der Waals surface area contributed by atoms with E-state index in [1.165, 1.54) is 0 Å². The lowest BCUT2D eigenvalue weighted by Gasteiger charge is -2.20. The molecular formula is C19H21ClN2O2. The van der Waals surface area contributed by atoms with E-state index in [1.54, 1.807) is 24.3 Å². The normalized spacial score (nSPS) is 11.8. The van der Waals surface area contributed by atoms with Crippen molar-refractivity contribution in [3.8, 4) is 0 Å². The highest BCUT2D eigenvalue weighted by Crippen LogP contribution is 2.14. The molecule has 0 saturated carbocycles. The Labute approximate surface area is 147 Å². The third-order valence-electron chi connectivity index (χ3n) is 3.41. The third-order valence-corrected chi connectivity index (χ3v) is 3.66. The molecule has 0 aromatic heterocycles. The molecule has 0 aliphatic rings. The van der Waals surface area contributed by atoms with E-state index in [2.05, 4.69) is 10.6 Å². The zero-order valence-electron chi connectivity index (χ0n) is 13.8. The fourth-order valence-electron chi connectivity index (χ4n) is 2.31. The smallest absolute Gasteiger partial charge is 0.247 e. The summed E-state index contributed by atoms with van der Waals surface area (Å²) in [5.74, 6) is -0.439. The van der Waals surface area contributed by atoms with Crippen LogP contribution in [0.4, 0.5) is 0 Å². The lowest BCUT2D eigenvalue weighted by atomic mass is 10.0. The van der Waals surface area contributed by atoms with E-state index in [0.29, 0.717) is 5.02 Å². The number of halogens is 1. The minimum Gasteiger partial charge on any atom is -0.352 e. The Morgan fingerprint density at radius 1 is 0.958 bits per heavy atom. The van der Waals surface area contributed by atoms with Crippen LogP contribution in [-0.2, 0) is 16.0 Å². The summed E-state index contributed by atoms with van der Waals surface area (Å²) in [5, 5.41) is 6.29. The molecule has 0 unspecified atom stereocenters. The monoisotopic (exact) mass is 344 g/mol. The van der Waals surface area contributed by atoms with Crippen LogP contribution in [0.5, 0.6) is 0 Å². The molecule has 5 heteroatoms. The van der Waals surface area contributed by atoms with Gasteiger partial charge >= 0.3 is 0 Å². The maximum Gasteiger partial charge on any atom is 0.247 e. The SMILES string of the molecule is CC(C)NC(=O)[C@@H](NC(=O)Cc1ccc(Cl)cc1)c1ccccc1. The Kier molecular flexibility index (Phi) is 6.38. The molecule has 4 nitrogen and oxygen atoms in total. The van der Waals surface area contributed by atoms with Gasteiger partial charge in [0.25, 0.3) is 0 Å². The number of benzene rings is 2. The van der Waals surface area contributed by atoms with E-state index in [4.69, 9.17) is 11.6 Å². The second-order valence-corrected chi connectivity index (χ2v) is 6.31. The average molecular weight is 345 g/mol. The van der Waals surface area contributed by atoms with Gasteiger partial charge in [0.2, 0.25) is 11.8 Å². The molecule has 0 heterocycles. The van der Waals surface area contributed by atoms with E-state index in [0.717, 1.165) is 11.1 Å². The van der Waals surface area contributed by atoms with E-state index in [-0.39, 0.29) is 24.3 Å². The molecule has 0 bridgehead atoms. The molecule has 2 N–H and O–H groups in total. The van der Waals surface area contributed by atoms with E-state index >= 15 is 0 Å². The van der Waals surface area contributed by atoms with Crippen LogP contribution in [0.15, 0.2) is 54.6 Å². The zero-order chi connectivity index (χ0) is 17.5. The molecule has 0 aliphatic heterocycles. The van der Waals surface area contributed by atoms with Gasteiger partial charge in [-0.1, -0.05) is 54.1 Å². The number of carbonyl (C=O) groups is 2. The lowest BCUT2D eigenvalue weighted by molar-refractivity contribution is -0.129. The van der Waals surface area contributed by atoms with Crippen LogP contribution in [0.25, 0.3) is 0 Å². The van der Waals surface area contributed by atoms with Crippen molar-refractivity contribution in [1.29, 1.82) is 0 Å². The topological polar surface area (TPSA) is 58.2 Å². The lowest BCUT2D eigenvalue weighted by Crippen LogP contribution is -2.43. The van der Waals surface area contributed by atoms with Crippen LogP contribution in [0.3, 0.4) is 0 Å². The molecule has 0 spiro atoms. The highest BCUT2D eigenvalue weighted by molar-refractivity contribution is 6.30. The molecule has 1 atom stereocenters. The van der Waals surface area contributed by atoms with Crippen molar-refractivity contribution in [3.63, 3.8) is 0 Å². The van der Waals surface area contributed by atoms with Crippen LogP contribution in [0, 0.1) is 0 Å². The van der Waals surface area contributed by atoms with Gasteiger partial charge in [-0.3, -0.25) is 9.59 Å². The van der Waals surface area contributed by atoms with Crippen molar-refractivity contribution in [2.24, 2.45) is 0 Å². The summed E-state index contributed by atoms with van der Waals surface area (Å²) in [6, 6.07) is 15.6. The number of carbonyl (C=O) groups excluding carboxylic acids is 2. The molecule has 2 rings (SSSR count). The standard InChI is InChI=1S/C19H21ClN2O2/c1-13(2)21-19(24)18(15-6-4-3-5-7-15)22-17(23)12-14-8-10-16(20)11-9-14/h3-11,13,18H,12H2,1-2H3,(H,21,24)(H,22,23)/t18-/m0/s1. The maximum atomic E-state index is 12.4. The molecule has 2 amide bonds. The van der Waals surface area contributed by atoms with E-state index < -0.39 is 6.04 Å². The van der Waals surface area contributed by atoms with Crippen molar-refractivity contribution < 1.29 is 9.59 Å².